The van der Waals surface area contributed by atoms with Crippen molar-refractivity contribution in [3.63, 3.8) is 0 Å². The summed E-state index contributed by atoms with van der Waals surface area (Å²) in [6.07, 6.45) is 2.50. The van der Waals surface area contributed by atoms with Crippen LogP contribution in [-0.4, -0.2) is 30.7 Å². The number of hydrogen-bond donors (Lipinski definition) is 1. The van der Waals surface area contributed by atoms with E-state index in [-0.39, 0.29) is 16.2 Å². The van der Waals surface area contributed by atoms with Crippen LogP contribution < -0.4 is 10.1 Å². The zero-order valence-corrected chi connectivity index (χ0v) is 10.7. The largest absolute Gasteiger partial charge is 0.486 e. The normalized spacial score (nSPS) is 19.9. The van der Waals surface area contributed by atoms with Crippen LogP contribution in [0.2, 0.25) is 0 Å². The summed E-state index contributed by atoms with van der Waals surface area (Å²) in [4.78, 5) is 16.1. The quantitative estimate of drug-likeness (QED) is 0.831. The van der Waals surface area contributed by atoms with E-state index in [0.717, 1.165) is 37.9 Å². The minimum Gasteiger partial charge on any atom is -0.486 e. The molecule has 0 amide bonds. The van der Waals surface area contributed by atoms with Crippen molar-refractivity contribution in [1.29, 1.82) is 0 Å². The molecule has 102 valence electrons. The highest BCUT2D eigenvalue weighted by atomic mass is 19.1. The molecule has 5 nitrogen and oxygen atoms in total. The Hall–Kier alpha value is -1.69. The zero-order chi connectivity index (χ0) is 13.5. The first-order valence-electron chi connectivity index (χ1n) is 6.37. The number of fused-ring (bicyclic) bond motifs is 1. The number of halogens is 1. The van der Waals surface area contributed by atoms with Crippen molar-refractivity contribution in [2.24, 2.45) is 0 Å². The SMILES string of the molecule is CO[N+](=O)c1cc2c(cc1F)OC1(CCNCC1)C2. The number of benzene rings is 1. The van der Waals surface area contributed by atoms with Gasteiger partial charge in [-0.3, -0.25) is 0 Å². The summed E-state index contributed by atoms with van der Waals surface area (Å²) in [5.74, 6) is -0.0748. The van der Waals surface area contributed by atoms with Gasteiger partial charge in [0.05, 0.1) is 4.91 Å². The van der Waals surface area contributed by atoms with Crippen molar-refractivity contribution < 1.29 is 18.9 Å². The number of piperidine rings is 1. The van der Waals surface area contributed by atoms with Crippen molar-refractivity contribution in [3.05, 3.63) is 28.4 Å². The molecule has 1 fully saturated rings. The molecule has 1 aromatic rings. The lowest BCUT2D eigenvalue weighted by Gasteiger charge is -2.33. The van der Waals surface area contributed by atoms with Gasteiger partial charge in [-0.25, -0.2) is 4.84 Å². The average Bonchev–Trinajstić information content (AvgIpc) is 2.74. The molecule has 0 aliphatic carbocycles. The van der Waals surface area contributed by atoms with Gasteiger partial charge in [0.1, 0.15) is 11.4 Å². The summed E-state index contributed by atoms with van der Waals surface area (Å²) in [5.41, 5.74) is 0.534. The number of nitrogens with zero attached hydrogens (tertiary/aromatic N) is 1. The maximum absolute atomic E-state index is 13.8. The molecule has 6 heteroatoms. The number of ether oxygens (including phenoxy) is 1. The summed E-state index contributed by atoms with van der Waals surface area (Å²) in [6, 6.07) is 2.81. The molecule has 1 aromatic carbocycles. The van der Waals surface area contributed by atoms with Gasteiger partial charge in [-0.05, 0) is 25.9 Å². The Morgan fingerprint density at radius 2 is 2.16 bits per heavy atom. The predicted molar refractivity (Wildman–Crippen MR) is 65.9 cm³/mol. The van der Waals surface area contributed by atoms with E-state index in [1.807, 2.05) is 0 Å². The van der Waals surface area contributed by atoms with E-state index in [4.69, 9.17) is 4.74 Å². The summed E-state index contributed by atoms with van der Waals surface area (Å²) >= 11 is 0. The fourth-order valence-corrected chi connectivity index (χ4v) is 2.84. The summed E-state index contributed by atoms with van der Waals surface area (Å²) in [5, 5.41) is 3.28. The molecule has 19 heavy (non-hydrogen) atoms. The van der Waals surface area contributed by atoms with Crippen LogP contribution in [0.5, 0.6) is 5.75 Å². The summed E-state index contributed by atoms with van der Waals surface area (Å²) in [6.45, 7) is 1.80. The molecule has 1 saturated heterocycles. The molecule has 0 radical (unpaired) electrons. The summed E-state index contributed by atoms with van der Waals surface area (Å²) in [7, 11) is 1.21. The highest BCUT2D eigenvalue weighted by molar-refractivity contribution is 5.48. The first kappa shape index (κ1) is 12.3. The molecule has 2 aliphatic rings. The van der Waals surface area contributed by atoms with Crippen LogP contribution in [0.3, 0.4) is 0 Å². The molecule has 0 saturated carbocycles. The van der Waals surface area contributed by atoms with Gasteiger partial charge in [0.25, 0.3) is 4.92 Å². The van der Waals surface area contributed by atoms with Gasteiger partial charge < -0.3 is 10.1 Å². The molecule has 0 bridgehead atoms. The molecule has 3 rings (SSSR count). The molecule has 0 atom stereocenters. The second kappa shape index (κ2) is 4.45. The molecular formula is C13H16FN2O3+. The minimum atomic E-state index is -0.624. The van der Waals surface area contributed by atoms with Crippen molar-refractivity contribution in [3.8, 4) is 5.75 Å². The highest BCUT2D eigenvalue weighted by Crippen LogP contribution is 2.42. The Labute approximate surface area is 110 Å². The van der Waals surface area contributed by atoms with Crippen LogP contribution in [0, 0.1) is 10.7 Å². The predicted octanol–water partition coefficient (Wildman–Crippen LogP) is 1.85. The number of nitrogens with one attached hydrogen (secondary N) is 1. The molecule has 1 spiro atoms. The third kappa shape index (κ3) is 2.06. The van der Waals surface area contributed by atoms with Crippen molar-refractivity contribution in [1.82, 2.24) is 5.32 Å². The third-order valence-corrected chi connectivity index (χ3v) is 3.85. The van der Waals surface area contributed by atoms with Gasteiger partial charge in [0.15, 0.2) is 7.11 Å². The van der Waals surface area contributed by atoms with Crippen LogP contribution >= 0.6 is 0 Å². The monoisotopic (exact) mass is 267 g/mol. The van der Waals surface area contributed by atoms with E-state index in [2.05, 4.69) is 10.2 Å². The van der Waals surface area contributed by atoms with Gasteiger partial charge in [-0.15, -0.1) is 0 Å². The second-order valence-corrected chi connectivity index (χ2v) is 5.06. The lowest BCUT2D eigenvalue weighted by atomic mass is 9.88. The van der Waals surface area contributed by atoms with Crippen LogP contribution in [0.15, 0.2) is 12.1 Å². The topological polar surface area (TPSA) is 50.6 Å². The number of hydrogen-bond acceptors (Lipinski definition) is 4. The van der Waals surface area contributed by atoms with Crippen LogP contribution in [0.25, 0.3) is 0 Å². The first-order valence-corrected chi connectivity index (χ1v) is 6.37. The Kier molecular flexibility index (Phi) is 2.89. The Balaban J connectivity index is 1.93. The van der Waals surface area contributed by atoms with E-state index in [1.54, 1.807) is 0 Å². The smallest absolute Gasteiger partial charge is 0.352 e. The van der Waals surface area contributed by atoms with Crippen LogP contribution in [0.1, 0.15) is 18.4 Å². The van der Waals surface area contributed by atoms with Gasteiger partial charge in [-0.2, -0.15) is 4.39 Å². The lowest BCUT2D eigenvalue weighted by Crippen LogP contribution is -2.45. The van der Waals surface area contributed by atoms with E-state index in [9.17, 15) is 9.30 Å². The van der Waals surface area contributed by atoms with Crippen molar-refractivity contribution in [2.45, 2.75) is 24.9 Å². The standard InChI is InChI=1S/C13H16FN2O3/c1-18-16(17)11-6-9-8-13(2-4-15-5-3-13)19-12(9)7-10(11)14/h6-7,15H,2-5,8H2,1H3/q+1. The fraction of sp³-hybridized carbons (Fsp3) is 0.538. The third-order valence-electron chi connectivity index (χ3n) is 3.85. The Morgan fingerprint density at radius 1 is 1.42 bits per heavy atom. The van der Waals surface area contributed by atoms with E-state index in [0.29, 0.717) is 5.75 Å². The maximum Gasteiger partial charge on any atom is 0.352 e. The summed E-state index contributed by atoms with van der Waals surface area (Å²) < 4.78 is 19.8. The Bertz CT molecular complexity index is 527. The first-order chi connectivity index (χ1) is 9.13. The molecule has 2 heterocycles. The fourth-order valence-electron chi connectivity index (χ4n) is 2.84. The lowest BCUT2D eigenvalue weighted by molar-refractivity contribution is -0.737. The molecule has 0 unspecified atom stereocenters. The number of rotatable bonds is 2. The van der Waals surface area contributed by atoms with Crippen LogP contribution in [0.4, 0.5) is 10.1 Å². The van der Waals surface area contributed by atoms with Gasteiger partial charge in [-0.1, -0.05) is 0 Å². The molecule has 0 aromatic heterocycles. The van der Waals surface area contributed by atoms with Gasteiger partial charge in [0, 0.05) is 24.1 Å². The zero-order valence-electron chi connectivity index (χ0n) is 10.7. The minimum absolute atomic E-state index is 0.101. The Morgan fingerprint density at radius 3 is 2.84 bits per heavy atom. The van der Waals surface area contributed by atoms with E-state index >= 15 is 0 Å². The molecule has 1 N–H and O–H groups in total. The van der Waals surface area contributed by atoms with Gasteiger partial charge in [0.2, 0.25) is 5.82 Å². The van der Waals surface area contributed by atoms with Crippen molar-refractivity contribution >= 4 is 5.69 Å². The van der Waals surface area contributed by atoms with E-state index < -0.39 is 5.82 Å². The van der Waals surface area contributed by atoms with E-state index in [1.165, 1.54) is 19.2 Å². The van der Waals surface area contributed by atoms with Gasteiger partial charge >= 0.3 is 5.69 Å². The highest BCUT2D eigenvalue weighted by Gasteiger charge is 2.42. The maximum atomic E-state index is 13.8. The van der Waals surface area contributed by atoms with Crippen molar-refractivity contribution in [2.75, 3.05) is 20.2 Å². The average molecular weight is 267 g/mol. The molecular weight excluding hydrogens is 251 g/mol. The second-order valence-electron chi connectivity index (χ2n) is 5.06. The molecule has 2 aliphatic heterocycles. The van der Waals surface area contributed by atoms with Crippen LogP contribution in [-0.2, 0) is 11.3 Å².